The van der Waals surface area contributed by atoms with Crippen LogP contribution in [0.15, 0.2) is 0 Å². The van der Waals surface area contributed by atoms with Crippen LogP contribution in [0.3, 0.4) is 0 Å². The standard InChI is InChI=1S/4C10H21.Zr/c4*1-3-5-7-9-10-8-6-4-2;/h4*1,3-10H2,2H3;/q4*-1;+4. The Hall–Kier alpha value is 0.883. The first-order valence-electron chi connectivity index (χ1n) is 18.8. The molecule has 41 heavy (non-hydrogen) atoms. The molecule has 248 valence electrons. The van der Waals surface area contributed by atoms with Gasteiger partial charge in [-0.25, -0.2) is 0 Å². The predicted octanol–water partition coefficient (Wildman–Crippen LogP) is 15.8. The second-order valence-corrected chi connectivity index (χ2v) is 11.9. The second-order valence-electron chi connectivity index (χ2n) is 11.9. The van der Waals surface area contributed by atoms with Gasteiger partial charge < -0.3 is 27.7 Å². The molecule has 0 bridgehead atoms. The first-order valence-corrected chi connectivity index (χ1v) is 18.8. The maximum Gasteiger partial charge on any atom is 4.00 e. The fourth-order valence-electron chi connectivity index (χ4n) is 4.54. The van der Waals surface area contributed by atoms with Crippen molar-refractivity contribution in [1.82, 2.24) is 0 Å². The largest absolute Gasteiger partial charge is 4.00 e. The van der Waals surface area contributed by atoms with Gasteiger partial charge in [0, 0.05) is 0 Å². The summed E-state index contributed by atoms with van der Waals surface area (Å²) in [6.45, 7) is 24.3. The predicted molar refractivity (Wildman–Crippen MR) is 192 cm³/mol. The normalized spacial score (nSPS) is 9.95. The summed E-state index contributed by atoms with van der Waals surface area (Å²) in [5, 5.41) is 0. The maximum absolute atomic E-state index is 3.82. The first kappa shape index (κ1) is 51.5. The molecule has 0 rings (SSSR count). The molecule has 1 heteroatoms. The van der Waals surface area contributed by atoms with Crippen LogP contribution in [0.25, 0.3) is 0 Å². The van der Waals surface area contributed by atoms with Crippen molar-refractivity contribution in [1.29, 1.82) is 0 Å². The molecular formula is C40H84Zr. The summed E-state index contributed by atoms with van der Waals surface area (Å²) in [5.41, 5.74) is 0. The molecule has 0 aliphatic carbocycles. The fourth-order valence-corrected chi connectivity index (χ4v) is 4.54. The van der Waals surface area contributed by atoms with Crippen LogP contribution < -0.4 is 0 Å². The molecule has 0 radical (unpaired) electrons. The van der Waals surface area contributed by atoms with Crippen molar-refractivity contribution < 1.29 is 26.2 Å². The molecular weight excluding hydrogens is 572 g/mol. The third-order valence-corrected chi connectivity index (χ3v) is 7.41. The van der Waals surface area contributed by atoms with E-state index < -0.39 is 0 Å². The number of hydrogen-bond donors (Lipinski definition) is 0. The van der Waals surface area contributed by atoms with Gasteiger partial charge in [0.25, 0.3) is 0 Å². The zero-order valence-electron chi connectivity index (χ0n) is 30.0. The fraction of sp³-hybridized carbons (Fsp3) is 0.900. The third kappa shape index (κ3) is 74.1. The van der Waals surface area contributed by atoms with E-state index in [-0.39, 0.29) is 26.2 Å². The summed E-state index contributed by atoms with van der Waals surface area (Å²) >= 11 is 0. The molecule has 0 amide bonds. The Labute approximate surface area is 285 Å². The van der Waals surface area contributed by atoms with Crippen molar-refractivity contribution in [3.63, 3.8) is 0 Å². The summed E-state index contributed by atoms with van der Waals surface area (Å²) in [6.07, 6.45) is 43.7. The van der Waals surface area contributed by atoms with Crippen LogP contribution in [0.5, 0.6) is 0 Å². The third-order valence-electron chi connectivity index (χ3n) is 7.41. The zero-order valence-corrected chi connectivity index (χ0v) is 32.4. The van der Waals surface area contributed by atoms with Crippen LogP contribution in [0.4, 0.5) is 0 Å². The minimum absolute atomic E-state index is 0. The van der Waals surface area contributed by atoms with Crippen LogP contribution in [-0.2, 0) is 26.2 Å². The van der Waals surface area contributed by atoms with Crippen LogP contribution in [0, 0.1) is 27.7 Å². The molecule has 0 atom stereocenters. The summed E-state index contributed by atoms with van der Waals surface area (Å²) in [4.78, 5) is 0. The number of hydrogen-bond acceptors (Lipinski definition) is 0. The molecule has 0 saturated carbocycles. The van der Waals surface area contributed by atoms with Gasteiger partial charge in [-0.1, -0.05) is 207 Å². The van der Waals surface area contributed by atoms with E-state index in [0.717, 1.165) is 25.7 Å². The first-order chi connectivity index (χ1) is 19.7. The van der Waals surface area contributed by atoms with E-state index in [1.807, 2.05) is 0 Å². The molecule has 0 aromatic rings. The van der Waals surface area contributed by atoms with Gasteiger partial charge in [-0.05, 0) is 0 Å². The summed E-state index contributed by atoms with van der Waals surface area (Å²) in [6, 6.07) is 0. The van der Waals surface area contributed by atoms with Gasteiger partial charge in [-0.3, -0.25) is 0 Å². The Morgan fingerprint density at radius 2 is 0.341 bits per heavy atom. The molecule has 0 nitrogen and oxygen atoms in total. The van der Waals surface area contributed by atoms with Crippen LogP contribution in [0.2, 0.25) is 0 Å². The van der Waals surface area contributed by atoms with Crippen molar-refractivity contribution in [2.45, 2.75) is 233 Å². The quantitative estimate of drug-likeness (QED) is 0.0581. The van der Waals surface area contributed by atoms with Gasteiger partial charge in [0.2, 0.25) is 0 Å². The average molecular weight is 656 g/mol. The van der Waals surface area contributed by atoms with Crippen molar-refractivity contribution >= 4 is 0 Å². The van der Waals surface area contributed by atoms with Gasteiger partial charge in [-0.2, -0.15) is 25.7 Å². The minimum Gasteiger partial charge on any atom is -0.343 e. The smallest absolute Gasteiger partial charge is 0.343 e. The van der Waals surface area contributed by atoms with Gasteiger partial charge in [0.15, 0.2) is 0 Å². The Kier molecular flexibility index (Phi) is 75.5. The zero-order chi connectivity index (χ0) is 30.6. The SMILES string of the molecule is [CH2-]CCCCCCCCC.[CH2-]CCCCCCCCC.[CH2-]CCCCCCCCC.[CH2-]CCCCCCCCC.[Zr+4]. The summed E-state index contributed by atoms with van der Waals surface area (Å²) < 4.78 is 0. The molecule has 0 fully saturated rings. The van der Waals surface area contributed by atoms with E-state index in [0.29, 0.717) is 0 Å². The monoisotopic (exact) mass is 655 g/mol. The van der Waals surface area contributed by atoms with Crippen molar-refractivity contribution in [2.75, 3.05) is 0 Å². The van der Waals surface area contributed by atoms with E-state index in [2.05, 4.69) is 55.4 Å². The molecule has 0 aromatic carbocycles. The summed E-state index contributed by atoms with van der Waals surface area (Å²) in [7, 11) is 0. The van der Waals surface area contributed by atoms with Gasteiger partial charge in [-0.15, -0.1) is 0 Å². The minimum atomic E-state index is 0. The maximum atomic E-state index is 3.82. The van der Waals surface area contributed by atoms with Crippen LogP contribution in [0.1, 0.15) is 233 Å². The average Bonchev–Trinajstić information content (AvgIpc) is 2.97. The van der Waals surface area contributed by atoms with Crippen LogP contribution >= 0.6 is 0 Å². The Balaban J connectivity index is -0.000000139. The van der Waals surface area contributed by atoms with E-state index in [9.17, 15) is 0 Å². The van der Waals surface area contributed by atoms with E-state index in [1.54, 1.807) is 0 Å². The van der Waals surface area contributed by atoms with Gasteiger partial charge in [0.05, 0.1) is 0 Å². The van der Waals surface area contributed by atoms with Crippen molar-refractivity contribution in [3.8, 4) is 0 Å². The number of rotatable bonds is 28. The van der Waals surface area contributed by atoms with Crippen molar-refractivity contribution in [3.05, 3.63) is 27.7 Å². The Morgan fingerprint density at radius 3 is 0.463 bits per heavy atom. The summed E-state index contributed by atoms with van der Waals surface area (Å²) in [5.74, 6) is 0. The molecule has 0 N–H and O–H groups in total. The molecule has 0 saturated heterocycles. The molecule has 0 heterocycles. The molecule has 0 aromatic heterocycles. The van der Waals surface area contributed by atoms with E-state index in [1.165, 1.54) is 180 Å². The topological polar surface area (TPSA) is 0 Å². The molecule has 0 aliphatic heterocycles. The van der Waals surface area contributed by atoms with Gasteiger partial charge in [0.1, 0.15) is 0 Å². The van der Waals surface area contributed by atoms with E-state index >= 15 is 0 Å². The molecule has 0 unspecified atom stereocenters. The van der Waals surface area contributed by atoms with Crippen molar-refractivity contribution in [2.24, 2.45) is 0 Å². The number of unbranched alkanes of at least 4 members (excludes halogenated alkanes) is 28. The Bertz CT molecular complexity index is 231. The Morgan fingerprint density at radius 1 is 0.220 bits per heavy atom. The van der Waals surface area contributed by atoms with E-state index in [4.69, 9.17) is 0 Å². The second kappa shape index (κ2) is 60.1. The van der Waals surface area contributed by atoms with Crippen LogP contribution in [-0.4, -0.2) is 0 Å². The van der Waals surface area contributed by atoms with Gasteiger partial charge >= 0.3 is 26.2 Å². The molecule has 0 spiro atoms. The molecule has 0 aliphatic rings.